The maximum atomic E-state index is 11.9. The second-order valence-electron chi connectivity index (χ2n) is 11.8. The van der Waals surface area contributed by atoms with Gasteiger partial charge in [-0.3, -0.25) is 4.79 Å². The number of hydrogen-bond donors (Lipinski definition) is 1. The van der Waals surface area contributed by atoms with Crippen molar-refractivity contribution >= 4 is 5.91 Å². The van der Waals surface area contributed by atoms with Crippen molar-refractivity contribution in [3.63, 3.8) is 0 Å². The van der Waals surface area contributed by atoms with E-state index in [4.69, 9.17) is 0 Å². The normalized spacial score (nSPS) is 13.4. The zero-order valence-corrected chi connectivity index (χ0v) is 24.7. The molecule has 0 aliphatic heterocycles. The van der Waals surface area contributed by atoms with E-state index in [1.165, 1.54) is 102 Å². The fourth-order valence-electron chi connectivity index (χ4n) is 5.33. The van der Waals surface area contributed by atoms with E-state index in [1.807, 2.05) is 0 Å². The fraction of sp³-hybridized carbons (Fsp3) is 0.727. The van der Waals surface area contributed by atoms with Crippen LogP contribution >= 0.6 is 0 Å². The molecule has 0 fully saturated rings. The molecule has 0 aliphatic rings. The molecule has 3 nitrogen and oxygen atoms in total. The predicted molar refractivity (Wildman–Crippen MR) is 158 cm³/mol. The molecule has 0 aromatic heterocycles. The number of quaternary nitrogens is 1. The molecule has 1 aromatic rings. The average molecular weight is 500 g/mol. The van der Waals surface area contributed by atoms with E-state index in [1.54, 1.807) is 6.92 Å². The lowest BCUT2D eigenvalue weighted by Gasteiger charge is -2.47. The van der Waals surface area contributed by atoms with Crippen molar-refractivity contribution in [1.82, 2.24) is 5.32 Å². The molecule has 3 heteroatoms. The molecule has 0 saturated heterocycles. The van der Waals surface area contributed by atoms with Gasteiger partial charge in [-0.25, -0.2) is 0 Å². The van der Waals surface area contributed by atoms with E-state index >= 15 is 0 Å². The Balaban J connectivity index is 2.35. The highest BCUT2D eigenvalue weighted by Crippen LogP contribution is 2.37. The van der Waals surface area contributed by atoms with Crippen LogP contribution in [0.25, 0.3) is 0 Å². The first-order chi connectivity index (χ1) is 17.2. The standard InChI is InChI=1S/C33H58N2O/c1-7-8-9-10-11-12-13-14-15-16-17-18-19-23-29-35(5,6)33(4,31-25-21-20-22-26-31)27-24-28-34-32(36)30(2)3/h20-22,25-26H,2,7-19,23-24,27-29H2,1,3-6H3/p+1. The lowest BCUT2D eigenvalue weighted by molar-refractivity contribution is -0.948. The molecule has 0 bridgehead atoms. The number of nitrogens with zero attached hydrogens (tertiary/aromatic N) is 1. The Morgan fingerprint density at radius 3 is 1.75 bits per heavy atom. The molecule has 0 radical (unpaired) electrons. The Labute approximate surface area is 224 Å². The van der Waals surface area contributed by atoms with Gasteiger partial charge in [-0.2, -0.15) is 0 Å². The van der Waals surface area contributed by atoms with E-state index in [2.05, 4.69) is 70.2 Å². The summed E-state index contributed by atoms with van der Waals surface area (Å²) < 4.78 is 0.976. The summed E-state index contributed by atoms with van der Waals surface area (Å²) in [5, 5.41) is 3.01. The first kappa shape index (κ1) is 32.4. The molecule has 1 aromatic carbocycles. The van der Waals surface area contributed by atoms with Gasteiger partial charge in [-0.15, -0.1) is 0 Å². The number of carbonyl (C=O) groups excluding carboxylic acids is 1. The van der Waals surface area contributed by atoms with Crippen LogP contribution in [0, 0.1) is 0 Å². The monoisotopic (exact) mass is 499 g/mol. The minimum Gasteiger partial charge on any atom is -0.352 e. The lowest BCUT2D eigenvalue weighted by Crippen LogP contribution is -2.56. The van der Waals surface area contributed by atoms with Crippen LogP contribution in [-0.2, 0) is 10.3 Å². The van der Waals surface area contributed by atoms with Crippen LogP contribution in [0.1, 0.15) is 129 Å². The molecule has 0 saturated carbocycles. The first-order valence-electron chi connectivity index (χ1n) is 15.1. The molecular formula is C33H59N2O+. The molecule has 0 spiro atoms. The van der Waals surface area contributed by atoms with Crippen LogP contribution in [0.3, 0.4) is 0 Å². The molecule has 1 amide bonds. The van der Waals surface area contributed by atoms with Crippen molar-refractivity contribution in [2.45, 2.75) is 129 Å². The summed E-state index contributed by atoms with van der Waals surface area (Å²) in [6.07, 6.45) is 21.6. The number of benzene rings is 1. The van der Waals surface area contributed by atoms with Gasteiger partial charge in [-0.1, -0.05) is 121 Å². The third kappa shape index (κ3) is 12.6. The third-order valence-electron chi connectivity index (χ3n) is 8.32. The number of amides is 1. The minimum absolute atomic E-state index is 0.0196. The molecule has 0 aliphatic carbocycles. The molecule has 1 unspecified atom stereocenters. The topological polar surface area (TPSA) is 29.1 Å². The van der Waals surface area contributed by atoms with Crippen molar-refractivity contribution in [1.29, 1.82) is 0 Å². The number of rotatable bonds is 22. The van der Waals surface area contributed by atoms with Gasteiger partial charge in [0, 0.05) is 24.1 Å². The zero-order valence-electron chi connectivity index (χ0n) is 24.7. The summed E-state index contributed by atoms with van der Waals surface area (Å²) >= 11 is 0. The van der Waals surface area contributed by atoms with E-state index in [0.29, 0.717) is 12.1 Å². The van der Waals surface area contributed by atoms with Crippen molar-refractivity contribution in [3.05, 3.63) is 48.0 Å². The Kier molecular flexibility index (Phi) is 16.8. The number of carbonyl (C=O) groups is 1. The van der Waals surface area contributed by atoms with Crippen LogP contribution in [0.4, 0.5) is 0 Å². The molecule has 1 N–H and O–H groups in total. The van der Waals surface area contributed by atoms with E-state index in [9.17, 15) is 4.79 Å². The van der Waals surface area contributed by atoms with E-state index in [-0.39, 0.29) is 11.4 Å². The van der Waals surface area contributed by atoms with Crippen LogP contribution in [-0.4, -0.2) is 37.6 Å². The van der Waals surface area contributed by atoms with Crippen LogP contribution in [0.5, 0.6) is 0 Å². The van der Waals surface area contributed by atoms with E-state index in [0.717, 1.165) is 17.3 Å². The second-order valence-corrected chi connectivity index (χ2v) is 11.8. The van der Waals surface area contributed by atoms with Gasteiger partial charge >= 0.3 is 0 Å². The van der Waals surface area contributed by atoms with Crippen molar-refractivity contribution < 1.29 is 9.28 Å². The highest BCUT2D eigenvalue weighted by atomic mass is 16.1. The maximum absolute atomic E-state index is 11.9. The third-order valence-corrected chi connectivity index (χ3v) is 8.32. The Morgan fingerprint density at radius 2 is 1.28 bits per heavy atom. The smallest absolute Gasteiger partial charge is 0.246 e. The summed E-state index contributed by atoms with van der Waals surface area (Å²) in [4.78, 5) is 11.9. The lowest BCUT2D eigenvalue weighted by atomic mass is 9.83. The quantitative estimate of drug-likeness (QED) is 0.0962. The summed E-state index contributed by atoms with van der Waals surface area (Å²) in [6, 6.07) is 11.0. The molecule has 1 atom stereocenters. The number of nitrogens with one attached hydrogen (secondary N) is 1. The Bertz CT molecular complexity index is 712. The molecule has 206 valence electrons. The Morgan fingerprint density at radius 1 is 0.806 bits per heavy atom. The first-order valence-corrected chi connectivity index (χ1v) is 15.1. The van der Waals surface area contributed by atoms with Gasteiger partial charge in [0.25, 0.3) is 0 Å². The highest BCUT2D eigenvalue weighted by Gasteiger charge is 2.41. The molecule has 0 heterocycles. The molecular weight excluding hydrogens is 440 g/mol. The van der Waals surface area contributed by atoms with Gasteiger partial charge in [0.2, 0.25) is 5.91 Å². The van der Waals surface area contributed by atoms with Crippen LogP contribution in [0.15, 0.2) is 42.5 Å². The largest absolute Gasteiger partial charge is 0.352 e. The van der Waals surface area contributed by atoms with Crippen molar-refractivity contribution in [3.8, 4) is 0 Å². The minimum atomic E-state index is -0.0347. The summed E-state index contributed by atoms with van der Waals surface area (Å²) in [6.45, 7) is 12.1. The Hall–Kier alpha value is -1.61. The zero-order chi connectivity index (χ0) is 26.7. The van der Waals surface area contributed by atoms with Gasteiger partial charge in [0.05, 0.1) is 20.6 Å². The van der Waals surface area contributed by atoms with Gasteiger partial charge < -0.3 is 9.80 Å². The van der Waals surface area contributed by atoms with Crippen molar-refractivity contribution in [2.75, 3.05) is 27.2 Å². The summed E-state index contributed by atoms with van der Waals surface area (Å²) in [5.41, 5.74) is 1.99. The highest BCUT2D eigenvalue weighted by molar-refractivity contribution is 5.91. The van der Waals surface area contributed by atoms with Crippen molar-refractivity contribution in [2.24, 2.45) is 0 Å². The van der Waals surface area contributed by atoms with Gasteiger partial charge in [-0.05, 0) is 33.1 Å². The van der Waals surface area contributed by atoms with Crippen LogP contribution in [0.2, 0.25) is 0 Å². The molecule has 36 heavy (non-hydrogen) atoms. The van der Waals surface area contributed by atoms with Gasteiger partial charge in [0.15, 0.2) is 0 Å². The number of unbranched alkanes of at least 4 members (excludes halogenated alkanes) is 13. The summed E-state index contributed by atoms with van der Waals surface area (Å²) in [7, 11) is 4.78. The SMILES string of the molecule is C=C(C)C(=O)NCCCC(C)(c1ccccc1)[N+](C)(C)CCCCCCCCCCCCCCCC. The van der Waals surface area contributed by atoms with Gasteiger partial charge in [0.1, 0.15) is 5.54 Å². The number of hydrogen-bond acceptors (Lipinski definition) is 1. The molecule has 1 rings (SSSR count). The summed E-state index contributed by atoms with van der Waals surface area (Å²) in [5.74, 6) is -0.0347. The van der Waals surface area contributed by atoms with E-state index < -0.39 is 0 Å². The predicted octanol–water partition coefficient (Wildman–Crippen LogP) is 8.93. The van der Waals surface area contributed by atoms with Crippen LogP contribution < -0.4 is 5.32 Å². The maximum Gasteiger partial charge on any atom is 0.246 e. The fourth-order valence-corrected chi connectivity index (χ4v) is 5.33. The second kappa shape index (κ2) is 18.6. The average Bonchev–Trinajstić information content (AvgIpc) is 2.86.